The Morgan fingerprint density at radius 2 is 2.33 bits per heavy atom. The van der Waals surface area contributed by atoms with Gasteiger partial charge in [-0.2, -0.15) is 0 Å². The number of halogens is 1. The molecule has 1 atom stereocenters. The number of hydrogen-bond donors (Lipinski definition) is 1. The summed E-state index contributed by atoms with van der Waals surface area (Å²) in [5, 5.41) is 3.92. The number of nitrogens with one attached hydrogen (secondary N) is 1. The van der Waals surface area contributed by atoms with Crippen LogP contribution in [0.25, 0.3) is 0 Å². The van der Waals surface area contributed by atoms with Crippen LogP contribution in [-0.2, 0) is 6.54 Å². The summed E-state index contributed by atoms with van der Waals surface area (Å²) in [5.41, 5.74) is 0.869. The van der Waals surface area contributed by atoms with Crippen molar-refractivity contribution in [1.29, 1.82) is 0 Å². The van der Waals surface area contributed by atoms with E-state index >= 15 is 0 Å². The molecule has 0 spiro atoms. The number of piperazine rings is 1. The summed E-state index contributed by atoms with van der Waals surface area (Å²) in [5.74, 6) is 0. The molecule has 1 aromatic rings. The van der Waals surface area contributed by atoms with Crippen LogP contribution in [-0.4, -0.2) is 40.5 Å². The van der Waals surface area contributed by atoms with Crippen molar-refractivity contribution < 1.29 is 0 Å². The van der Waals surface area contributed by atoms with Gasteiger partial charge in [0, 0.05) is 44.6 Å². The molecule has 1 fully saturated rings. The first kappa shape index (κ1) is 10.8. The highest BCUT2D eigenvalue weighted by Crippen LogP contribution is 2.12. The lowest BCUT2D eigenvalue weighted by Crippen LogP contribution is -2.48. The molecule has 0 aliphatic carbocycles. The van der Waals surface area contributed by atoms with Crippen LogP contribution < -0.4 is 5.32 Å². The van der Waals surface area contributed by atoms with Gasteiger partial charge >= 0.3 is 0 Å². The summed E-state index contributed by atoms with van der Waals surface area (Å²) >= 11 is 5.96. The summed E-state index contributed by atoms with van der Waals surface area (Å²) in [7, 11) is 0. The molecule has 15 heavy (non-hydrogen) atoms. The van der Waals surface area contributed by atoms with Gasteiger partial charge < -0.3 is 5.32 Å². The molecule has 0 bridgehead atoms. The van der Waals surface area contributed by atoms with E-state index in [4.69, 9.17) is 11.6 Å². The zero-order valence-electron chi connectivity index (χ0n) is 8.78. The number of nitrogens with zero attached hydrogens (tertiary/aromatic N) is 3. The van der Waals surface area contributed by atoms with Gasteiger partial charge in [-0.15, -0.1) is 0 Å². The molecule has 82 valence electrons. The van der Waals surface area contributed by atoms with Crippen LogP contribution in [0.15, 0.2) is 12.4 Å². The van der Waals surface area contributed by atoms with Crippen molar-refractivity contribution in [3.63, 3.8) is 0 Å². The number of hydrogen-bond acceptors (Lipinski definition) is 4. The molecule has 0 amide bonds. The van der Waals surface area contributed by atoms with Gasteiger partial charge in [-0.05, 0) is 6.92 Å². The molecule has 2 rings (SSSR count). The van der Waals surface area contributed by atoms with Crippen molar-refractivity contribution in [1.82, 2.24) is 20.2 Å². The van der Waals surface area contributed by atoms with Gasteiger partial charge in [0.1, 0.15) is 0 Å². The van der Waals surface area contributed by atoms with Gasteiger partial charge in [0.2, 0.25) is 0 Å². The second-order valence-corrected chi connectivity index (χ2v) is 4.24. The molecule has 1 aliphatic heterocycles. The maximum atomic E-state index is 5.96. The van der Waals surface area contributed by atoms with Crippen molar-refractivity contribution in [3.8, 4) is 0 Å². The zero-order valence-corrected chi connectivity index (χ0v) is 9.54. The highest BCUT2D eigenvalue weighted by molar-refractivity contribution is 6.29. The van der Waals surface area contributed by atoms with Gasteiger partial charge in [-0.1, -0.05) is 11.6 Å². The molecule has 1 N–H and O–H groups in total. The van der Waals surface area contributed by atoms with Crippen molar-refractivity contribution in [3.05, 3.63) is 23.2 Å². The van der Waals surface area contributed by atoms with E-state index < -0.39 is 0 Å². The molecule has 0 saturated carbocycles. The van der Waals surface area contributed by atoms with Gasteiger partial charge in [0.25, 0.3) is 0 Å². The van der Waals surface area contributed by atoms with Crippen molar-refractivity contribution >= 4 is 11.6 Å². The predicted octanol–water partition coefficient (Wildman–Crippen LogP) is 0.924. The van der Waals surface area contributed by atoms with Crippen molar-refractivity contribution in [2.24, 2.45) is 0 Å². The predicted molar refractivity (Wildman–Crippen MR) is 59.8 cm³/mol. The Morgan fingerprint density at radius 3 is 3.07 bits per heavy atom. The second-order valence-electron chi connectivity index (χ2n) is 3.88. The Kier molecular flexibility index (Phi) is 3.51. The van der Waals surface area contributed by atoms with E-state index in [9.17, 15) is 0 Å². The minimum absolute atomic E-state index is 0.517. The Labute approximate surface area is 94.7 Å². The highest BCUT2D eigenvalue weighted by atomic mass is 35.5. The summed E-state index contributed by atoms with van der Waals surface area (Å²) in [6, 6.07) is 0.536. The monoisotopic (exact) mass is 226 g/mol. The lowest BCUT2D eigenvalue weighted by atomic mass is 10.2. The molecule has 1 saturated heterocycles. The zero-order chi connectivity index (χ0) is 10.7. The van der Waals surface area contributed by atoms with Crippen LogP contribution in [0.3, 0.4) is 0 Å². The largest absolute Gasteiger partial charge is 0.312 e. The summed E-state index contributed by atoms with van der Waals surface area (Å²) in [6.45, 7) is 6.08. The third-order valence-corrected chi connectivity index (χ3v) is 2.87. The topological polar surface area (TPSA) is 41.1 Å². The molecular weight excluding hydrogens is 212 g/mol. The van der Waals surface area contributed by atoms with Gasteiger partial charge in [0.05, 0.1) is 5.69 Å². The third kappa shape index (κ3) is 2.87. The standard InChI is InChI=1S/C10H15ClN4/c1-8-6-15(5-4-12-8)7-9-10(11)14-3-2-13-9/h2-3,8,12H,4-7H2,1H3/t8-/m1/s1. The molecule has 1 aliphatic rings. The maximum Gasteiger partial charge on any atom is 0.151 e. The van der Waals surface area contributed by atoms with Gasteiger partial charge in [0.15, 0.2) is 5.15 Å². The van der Waals surface area contributed by atoms with E-state index in [0.717, 1.165) is 31.9 Å². The normalized spacial score (nSPS) is 22.9. The first-order valence-corrected chi connectivity index (χ1v) is 5.54. The smallest absolute Gasteiger partial charge is 0.151 e. The molecule has 0 radical (unpaired) electrons. The van der Waals surface area contributed by atoms with Crippen LogP contribution in [0, 0.1) is 0 Å². The Bertz CT molecular complexity index is 331. The van der Waals surface area contributed by atoms with E-state index in [0.29, 0.717) is 11.2 Å². The SMILES string of the molecule is C[C@@H]1CN(Cc2nccnc2Cl)CCN1. The molecule has 2 heterocycles. The fourth-order valence-electron chi connectivity index (χ4n) is 1.82. The van der Waals surface area contributed by atoms with Crippen LogP contribution >= 0.6 is 11.6 Å². The summed E-state index contributed by atoms with van der Waals surface area (Å²) in [4.78, 5) is 10.6. The maximum absolute atomic E-state index is 5.96. The lowest BCUT2D eigenvalue weighted by Gasteiger charge is -2.31. The summed E-state index contributed by atoms with van der Waals surface area (Å²) < 4.78 is 0. The fourth-order valence-corrected chi connectivity index (χ4v) is 1.99. The minimum atomic E-state index is 0.517. The molecule has 0 unspecified atom stereocenters. The average Bonchev–Trinajstić information content (AvgIpc) is 2.22. The fraction of sp³-hybridized carbons (Fsp3) is 0.600. The van der Waals surface area contributed by atoms with Crippen molar-refractivity contribution in [2.75, 3.05) is 19.6 Å². The van der Waals surface area contributed by atoms with E-state index in [1.54, 1.807) is 12.4 Å². The van der Waals surface area contributed by atoms with Gasteiger partial charge in [-0.3, -0.25) is 9.88 Å². The lowest BCUT2D eigenvalue weighted by molar-refractivity contribution is 0.197. The molecule has 0 aromatic carbocycles. The summed E-state index contributed by atoms with van der Waals surface area (Å²) in [6.07, 6.45) is 3.30. The van der Waals surface area contributed by atoms with Crippen LogP contribution in [0.5, 0.6) is 0 Å². The Hall–Kier alpha value is -0.710. The quantitative estimate of drug-likeness (QED) is 0.815. The average molecular weight is 227 g/mol. The molecule has 1 aromatic heterocycles. The molecule has 5 heteroatoms. The number of aromatic nitrogens is 2. The molecular formula is C10H15ClN4. The first-order chi connectivity index (χ1) is 7.25. The first-order valence-electron chi connectivity index (χ1n) is 5.17. The molecule has 4 nitrogen and oxygen atoms in total. The second kappa shape index (κ2) is 4.88. The van der Waals surface area contributed by atoms with Gasteiger partial charge in [-0.25, -0.2) is 4.98 Å². The van der Waals surface area contributed by atoms with Crippen molar-refractivity contribution in [2.45, 2.75) is 19.5 Å². The van der Waals surface area contributed by atoms with E-state index in [2.05, 4.69) is 27.1 Å². The Balaban J connectivity index is 1.99. The minimum Gasteiger partial charge on any atom is -0.312 e. The van der Waals surface area contributed by atoms with E-state index in [1.807, 2.05) is 0 Å². The van der Waals surface area contributed by atoms with Crippen LogP contribution in [0.2, 0.25) is 5.15 Å². The third-order valence-electron chi connectivity index (χ3n) is 2.55. The number of rotatable bonds is 2. The van der Waals surface area contributed by atoms with Crippen LogP contribution in [0.1, 0.15) is 12.6 Å². The van der Waals surface area contributed by atoms with Crippen LogP contribution in [0.4, 0.5) is 0 Å². The van der Waals surface area contributed by atoms with E-state index in [1.165, 1.54) is 0 Å². The van der Waals surface area contributed by atoms with E-state index in [-0.39, 0.29) is 0 Å². The Morgan fingerprint density at radius 1 is 1.53 bits per heavy atom. The highest BCUT2D eigenvalue weighted by Gasteiger charge is 2.17.